The van der Waals surface area contributed by atoms with E-state index in [1.165, 1.54) is 0 Å². The number of hydrogen-bond acceptors (Lipinski definition) is 3. The third kappa shape index (κ3) is 2.57. The van der Waals surface area contributed by atoms with Gasteiger partial charge >= 0.3 is 5.97 Å². The number of imide groups is 1. The number of hydrogen-bond donors (Lipinski definition) is 1. The molecule has 106 valence electrons. The van der Waals surface area contributed by atoms with Gasteiger partial charge in [0, 0.05) is 5.56 Å². The number of benzene rings is 1. The number of carboxylic acids is 1. The van der Waals surface area contributed by atoms with Crippen molar-refractivity contribution < 1.29 is 19.5 Å². The molecule has 0 fully saturated rings. The van der Waals surface area contributed by atoms with E-state index >= 15 is 0 Å². The van der Waals surface area contributed by atoms with Gasteiger partial charge in [-0.1, -0.05) is 32.0 Å². The first-order valence-electron chi connectivity index (χ1n) is 6.59. The third-order valence-corrected chi connectivity index (χ3v) is 3.37. The van der Waals surface area contributed by atoms with E-state index in [0.29, 0.717) is 11.1 Å². The van der Waals surface area contributed by atoms with Crippen LogP contribution < -0.4 is 0 Å². The van der Waals surface area contributed by atoms with Gasteiger partial charge in [-0.3, -0.25) is 14.5 Å². The summed E-state index contributed by atoms with van der Waals surface area (Å²) >= 11 is 0. The zero-order valence-electron chi connectivity index (χ0n) is 11.5. The third-order valence-electron chi connectivity index (χ3n) is 3.37. The molecule has 1 aromatic carbocycles. The Kier molecular flexibility index (Phi) is 3.88. The number of carbonyl (C=O) groups excluding carboxylic acids is 2. The first kappa shape index (κ1) is 14.2. The van der Waals surface area contributed by atoms with Crippen molar-refractivity contribution >= 4 is 17.8 Å². The average molecular weight is 275 g/mol. The van der Waals surface area contributed by atoms with Crippen molar-refractivity contribution in [3.63, 3.8) is 0 Å². The molecular formula is C15H17NO4. The zero-order valence-corrected chi connectivity index (χ0v) is 11.5. The van der Waals surface area contributed by atoms with Crippen LogP contribution in [0.5, 0.6) is 0 Å². The summed E-state index contributed by atoms with van der Waals surface area (Å²) in [6, 6.07) is 5.73. The number of carboxylic acid groups (broad SMARTS) is 1. The fourth-order valence-corrected chi connectivity index (χ4v) is 2.45. The van der Waals surface area contributed by atoms with Gasteiger partial charge in [0.25, 0.3) is 5.91 Å². The molecule has 0 aliphatic carbocycles. The zero-order chi connectivity index (χ0) is 14.9. The Labute approximate surface area is 117 Å². The molecule has 1 unspecified atom stereocenters. The van der Waals surface area contributed by atoms with E-state index in [1.54, 1.807) is 24.3 Å². The Balaban J connectivity index is 2.39. The molecule has 1 N–H and O–H groups in total. The van der Waals surface area contributed by atoms with Gasteiger partial charge in [-0.05, 0) is 24.0 Å². The number of amides is 2. The maximum atomic E-state index is 12.4. The van der Waals surface area contributed by atoms with Crippen LogP contribution in [-0.2, 0) is 16.0 Å². The van der Waals surface area contributed by atoms with Gasteiger partial charge < -0.3 is 5.11 Å². The van der Waals surface area contributed by atoms with Gasteiger partial charge in [-0.25, -0.2) is 4.79 Å². The average Bonchev–Trinajstić information content (AvgIpc) is 2.37. The van der Waals surface area contributed by atoms with Crippen LogP contribution in [0.4, 0.5) is 0 Å². The van der Waals surface area contributed by atoms with Crippen LogP contribution in [0, 0.1) is 5.92 Å². The number of rotatable bonds is 4. The summed E-state index contributed by atoms with van der Waals surface area (Å²) in [5.74, 6) is -2.01. The van der Waals surface area contributed by atoms with Crippen LogP contribution in [0.1, 0.15) is 36.2 Å². The fourth-order valence-electron chi connectivity index (χ4n) is 2.45. The minimum absolute atomic E-state index is 0.0732. The number of carbonyl (C=O) groups is 3. The predicted molar refractivity (Wildman–Crippen MR) is 72.2 cm³/mol. The fraction of sp³-hybridized carbons (Fsp3) is 0.400. The lowest BCUT2D eigenvalue weighted by molar-refractivity contribution is -0.148. The van der Waals surface area contributed by atoms with Gasteiger partial charge in [0.1, 0.15) is 6.04 Å². The molecule has 1 atom stereocenters. The molecule has 2 amide bonds. The Morgan fingerprint density at radius 1 is 1.30 bits per heavy atom. The second kappa shape index (κ2) is 5.45. The van der Waals surface area contributed by atoms with Gasteiger partial charge in [-0.2, -0.15) is 0 Å². The smallest absolute Gasteiger partial charge is 0.326 e. The van der Waals surface area contributed by atoms with Crippen LogP contribution in [0.15, 0.2) is 24.3 Å². The lowest BCUT2D eigenvalue weighted by Crippen LogP contribution is -2.52. The standard InChI is InChI=1S/C15H17NO4/c1-9(2)7-12(15(19)20)16-13(17)8-10-5-3-4-6-11(10)14(16)18/h3-6,9,12H,7-8H2,1-2H3,(H,19,20). The second-order valence-corrected chi connectivity index (χ2v) is 5.39. The van der Waals surface area contributed by atoms with E-state index in [9.17, 15) is 19.5 Å². The molecular weight excluding hydrogens is 258 g/mol. The van der Waals surface area contributed by atoms with Gasteiger partial charge in [0.2, 0.25) is 5.91 Å². The molecule has 1 aliphatic rings. The monoisotopic (exact) mass is 275 g/mol. The molecule has 0 aromatic heterocycles. The Morgan fingerprint density at radius 2 is 1.95 bits per heavy atom. The van der Waals surface area contributed by atoms with Crippen LogP contribution in [-0.4, -0.2) is 33.8 Å². The predicted octanol–water partition coefficient (Wildman–Crippen LogP) is 1.71. The molecule has 1 aliphatic heterocycles. The van der Waals surface area contributed by atoms with E-state index in [4.69, 9.17) is 0 Å². The molecule has 0 spiro atoms. The van der Waals surface area contributed by atoms with Gasteiger partial charge in [0.05, 0.1) is 6.42 Å². The topological polar surface area (TPSA) is 74.7 Å². The summed E-state index contributed by atoms with van der Waals surface area (Å²) in [5, 5.41) is 9.31. The first-order valence-corrected chi connectivity index (χ1v) is 6.59. The minimum Gasteiger partial charge on any atom is -0.480 e. The molecule has 1 aromatic rings. The van der Waals surface area contributed by atoms with Gasteiger partial charge in [-0.15, -0.1) is 0 Å². The van der Waals surface area contributed by atoms with Crippen molar-refractivity contribution in [2.75, 3.05) is 0 Å². The molecule has 0 bridgehead atoms. The molecule has 0 saturated heterocycles. The van der Waals surface area contributed by atoms with Crippen LogP contribution in [0.2, 0.25) is 0 Å². The van der Waals surface area contributed by atoms with Crippen molar-refractivity contribution in [2.45, 2.75) is 32.7 Å². The second-order valence-electron chi connectivity index (χ2n) is 5.39. The van der Waals surface area contributed by atoms with Crippen LogP contribution >= 0.6 is 0 Å². The lowest BCUT2D eigenvalue weighted by atomic mass is 9.94. The molecule has 0 saturated carbocycles. The summed E-state index contributed by atoms with van der Waals surface area (Å²) in [7, 11) is 0. The van der Waals surface area contributed by atoms with Crippen molar-refractivity contribution in [3.8, 4) is 0 Å². The van der Waals surface area contributed by atoms with Crippen molar-refractivity contribution in [2.24, 2.45) is 5.92 Å². The highest BCUT2D eigenvalue weighted by atomic mass is 16.4. The van der Waals surface area contributed by atoms with Crippen LogP contribution in [0.3, 0.4) is 0 Å². The molecule has 2 rings (SSSR count). The summed E-state index contributed by atoms with van der Waals surface area (Å²) < 4.78 is 0. The molecule has 20 heavy (non-hydrogen) atoms. The quantitative estimate of drug-likeness (QED) is 0.849. The number of nitrogens with zero attached hydrogens (tertiary/aromatic N) is 1. The van der Waals surface area contributed by atoms with Crippen molar-refractivity contribution in [1.29, 1.82) is 0 Å². The first-order chi connectivity index (χ1) is 9.41. The van der Waals surface area contributed by atoms with E-state index in [2.05, 4.69) is 0 Å². The highest BCUT2D eigenvalue weighted by Gasteiger charge is 2.39. The van der Waals surface area contributed by atoms with E-state index < -0.39 is 23.8 Å². The van der Waals surface area contributed by atoms with Crippen molar-refractivity contribution in [1.82, 2.24) is 4.90 Å². The summed E-state index contributed by atoms with van der Waals surface area (Å²) in [5.41, 5.74) is 1.08. The maximum absolute atomic E-state index is 12.4. The maximum Gasteiger partial charge on any atom is 0.326 e. The van der Waals surface area contributed by atoms with Gasteiger partial charge in [0.15, 0.2) is 0 Å². The lowest BCUT2D eigenvalue weighted by Gasteiger charge is -2.32. The SMILES string of the molecule is CC(C)CC(C(=O)O)N1C(=O)Cc2ccccc2C1=O. The van der Waals surface area contributed by atoms with E-state index in [-0.39, 0.29) is 18.8 Å². The summed E-state index contributed by atoms with van der Waals surface area (Å²) in [6.07, 6.45) is 0.332. The normalized spacial score (nSPS) is 16.2. The van der Waals surface area contributed by atoms with Crippen molar-refractivity contribution in [3.05, 3.63) is 35.4 Å². The molecule has 0 radical (unpaired) electrons. The van der Waals surface area contributed by atoms with Crippen LogP contribution in [0.25, 0.3) is 0 Å². The summed E-state index contributed by atoms with van der Waals surface area (Å²) in [6.45, 7) is 3.73. The minimum atomic E-state index is -1.14. The Morgan fingerprint density at radius 3 is 2.55 bits per heavy atom. The Bertz CT molecular complexity index is 565. The highest BCUT2D eigenvalue weighted by molar-refractivity contribution is 6.11. The largest absolute Gasteiger partial charge is 0.480 e. The number of aliphatic carboxylic acids is 1. The summed E-state index contributed by atoms with van der Waals surface area (Å²) in [4.78, 5) is 36.8. The molecule has 5 heteroatoms. The Hall–Kier alpha value is -2.17. The molecule has 1 heterocycles. The molecule has 5 nitrogen and oxygen atoms in total. The number of fused-ring (bicyclic) bond motifs is 1. The highest BCUT2D eigenvalue weighted by Crippen LogP contribution is 2.24. The van der Waals surface area contributed by atoms with E-state index in [0.717, 1.165) is 4.90 Å². The van der Waals surface area contributed by atoms with E-state index in [1.807, 2.05) is 13.8 Å².